The Hall–Kier alpha value is -3.94. The van der Waals surface area contributed by atoms with E-state index in [4.69, 9.17) is 0 Å². The number of amides is 3. The van der Waals surface area contributed by atoms with Gasteiger partial charge in [0.2, 0.25) is 5.91 Å². The lowest BCUT2D eigenvalue weighted by atomic mass is 10.0. The maximum Gasteiger partial charge on any atom is 0.260 e. The summed E-state index contributed by atoms with van der Waals surface area (Å²) in [6.45, 7) is 0.183. The maximum absolute atomic E-state index is 13.3. The number of nitrogens with one attached hydrogen (secondary N) is 1. The second-order valence-corrected chi connectivity index (χ2v) is 7.35. The monoisotopic (exact) mass is 401 g/mol. The first-order valence-corrected chi connectivity index (χ1v) is 9.65. The Morgan fingerprint density at radius 3 is 2.53 bits per heavy atom. The predicted octanol–water partition coefficient (Wildman–Crippen LogP) is 2.56. The third-order valence-corrected chi connectivity index (χ3v) is 5.45. The van der Waals surface area contributed by atoms with E-state index in [0.717, 1.165) is 5.56 Å². The van der Waals surface area contributed by atoms with E-state index in [1.54, 1.807) is 58.2 Å². The highest BCUT2D eigenvalue weighted by molar-refractivity contribution is 6.16. The molecule has 8 heteroatoms. The number of fused-ring (bicyclic) bond motifs is 5. The summed E-state index contributed by atoms with van der Waals surface area (Å²) in [5.74, 6) is -0.551. The van der Waals surface area contributed by atoms with Gasteiger partial charge in [-0.3, -0.25) is 24.0 Å². The number of benzene rings is 2. The molecule has 30 heavy (non-hydrogen) atoms. The maximum atomic E-state index is 13.3. The van der Waals surface area contributed by atoms with E-state index in [1.165, 1.54) is 0 Å². The van der Waals surface area contributed by atoms with Crippen molar-refractivity contribution in [2.24, 2.45) is 7.05 Å². The molecule has 0 bridgehead atoms. The van der Waals surface area contributed by atoms with Gasteiger partial charge < -0.3 is 10.2 Å². The van der Waals surface area contributed by atoms with E-state index in [1.807, 2.05) is 24.3 Å². The molecule has 8 nitrogen and oxygen atoms in total. The largest absolute Gasteiger partial charge is 0.323 e. The summed E-state index contributed by atoms with van der Waals surface area (Å²) in [5.41, 5.74) is 3.02. The highest BCUT2D eigenvalue weighted by Crippen LogP contribution is 2.45. The lowest BCUT2D eigenvalue weighted by Gasteiger charge is -2.40. The van der Waals surface area contributed by atoms with E-state index in [-0.39, 0.29) is 30.7 Å². The molecular weight excluding hydrogens is 382 g/mol. The van der Waals surface area contributed by atoms with Crippen LogP contribution in [0.15, 0.2) is 60.9 Å². The molecule has 3 amide bonds. The first kappa shape index (κ1) is 18.1. The molecule has 2 aliphatic heterocycles. The fourth-order valence-electron chi connectivity index (χ4n) is 4.13. The van der Waals surface area contributed by atoms with Crippen LogP contribution in [0.4, 0.5) is 11.4 Å². The van der Waals surface area contributed by atoms with Crippen molar-refractivity contribution in [1.82, 2.24) is 14.7 Å². The normalized spacial score (nSPS) is 16.9. The van der Waals surface area contributed by atoms with Crippen molar-refractivity contribution < 1.29 is 14.4 Å². The molecule has 1 N–H and O–H groups in total. The summed E-state index contributed by atoms with van der Waals surface area (Å²) in [6.07, 6.45) is 2.81. The third-order valence-electron chi connectivity index (χ3n) is 5.45. The molecule has 1 aromatic heterocycles. The van der Waals surface area contributed by atoms with Crippen LogP contribution >= 0.6 is 0 Å². The van der Waals surface area contributed by atoms with Gasteiger partial charge in [0, 0.05) is 37.3 Å². The van der Waals surface area contributed by atoms with Gasteiger partial charge in [0.05, 0.1) is 23.1 Å². The molecule has 150 valence electrons. The van der Waals surface area contributed by atoms with Crippen molar-refractivity contribution in [3.8, 4) is 0 Å². The van der Waals surface area contributed by atoms with Gasteiger partial charge in [0.25, 0.3) is 11.8 Å². The van der Waals surface area contributed by atoms with E-state index in [2.05, 4.69) is 10.4 Å². The number of para-hydroxylation sites is 1. The number of hydrogen-bond acceptors (Lipinski definition) is 4. The molecule has 5 rings (SSSR count). The van der Waals surface area contributed by atoms with Crippen LogP contribution < -0.4 is 10.2 Å². The highest BCUT2D eigenvalue weighted by atomic mass is 16.2. The molecule has 3 aromatic rings. The Kier molecular flexibility index (Phi) is 4.13. The van der Waals surface area contributed by atoms with Gasteiger partial charge in [-0.05, 0) is 18.2 Å². The molecule has 0 saturated heterocycles. The van der Waals surface area contributed by atoms with E-state index >= 15 is 0 Å². The van der Waals surface area contributed by atoms with Crippen molar-refractivity contribution in [3.63, 3.8) is 0 Å². The Balaban J connectivity index is 1.46. The smallest absolute Gasteiger partial charge is 0.260 e. The SMILES string of the molecule is Cn1cc(NC(=O)CCN2C(=O)c3ccccc3N3C(=O)c4ccccc4[C@H]23)cn1. The molecule has 0 fully saturated rings. The summed E-state index contributed by atoms with van der Waals surface area (Å²) < 4.78 is 1.60. The van der Waals surface area contributed by atoms with Crippen molar-refractivity contribution in [2.45, 2.75) is 12.6 Å². The summed E-state index contributed by atoms with van der Waals surface area (Å²) >= 11 is 0. The quantitative estimate of drug-likeness (QED) is 0.728. The zero-order chi connectivity index (χ0) is 20.8. The molecule has 0 unspecified atom stereocenters. The van der Waals surface area contributed by atoms with Crippen LogP contribution in [0.1, 0.15) is 38.9 Å². The number of carbonyl (C=O) groups excluding carboxylic acids is 3. The lowest BCUT2D eigenvalue weighted by molar-refractivity contribution is -0.116. The summed E-state index contributed by atoms with van der Waals surface area (Å²) in [6, 6.07) is 14.4. The Morgan fingerprint density at radius 1 is 1.03 bits per heavy atom. The van der Waals surface area contributed by atoms with E-state index < -0.39 is 6.17 Å². The van der Waals surface area contributed by atoms with Crippen LogP contribution in [0, 0.1) is 0 Å². The van der Waals surface area contributed by atoms with E-state index in [9.17, 15) is 14.4 Å². The number of carbonyl (C=O) groups is 3. The van der Waals surface area contributed by atoms with Gasteiger partial charge in [-0.2, -0.15) is 5.10 Å². The topological polar surface area (TPSA) is 87.5 Å². The molecule has 1 atom stereocenters. The van der Waals surface area contributed by atoms with Crippen LogP contribution in [-0.4, -0.2) is 38.9 Å². The average Bonchev–Trinajstić information content (AvgIpc) is 3.29. The number of aromatic nitrogens is 2. The minimum Gasteiger partial charge on any atom is -0.323 e. The first-order valence-electron chi connectivity index (χ1n) is 9.65. The minimum atomic E-state index is -0.553. The number of aryl methyl sites for hydroxylation is 1. The van der Waals surface area contributed by atoms with Gasteiger partial charge in [-0.25, -0.2) is 0 Å². The second-order valence-electron chi connectivity index (χ2n) is 7.35. The van der Waals surface area contributed by atoms with Crippen molar-refractivity contribution in [3.05, 3.63) is 77.6 Å². The number of hydrogen-bond donors (Lipinski definition) is 1. The number of nitrogens with zero attached hydrogens (tertiary/aromatic N) is 4. The van der Waals surface area contributed by atoms with Crippen LogP contribution in [0.25, 0.3) is 0 Å². The number of anilines is 2. The third kappa shape index (κ3) is 2.76. The summed E-state index contributed by atoms with van der Waals surface area (Å²) in [5, 5.41) is 6.81. The second kappa shape index (κ2) is 6.84. The van der Waals surface area contributed by atoms with Gasteiger partial charge >= 0.3 is 0 Å². The standard InChI is InChI=1S/C22H19N5O3/c1-25-13-14(12-23-25)24-19(28)10-11-26-20-15-6-2-3-7-16(15)22(30)27(20)18-9-5-4-8-17(18)21(26)29/h2-9,12-13,20H,10-11H2,1H3,(H,24,28)/t20-/m1/s1. The van der Waals surface area contributed by atoms with Crippen molar-refractivity contribution >= 4 is 29.1 Å². The van der Waals surface area contributed by atoms with Crippen LogP contribution in [-0.2, 0) is 11.8 Å². The Morgan fingerprint density at radius 2 is 1.77 bits per heavy atom. The first-order chi connectivity index (χ1) is 14.5. The van der Waals surface area contributed by atoms with Gasteiger partial charge in [0.1, 0.15) is 6.17 Å². The summed E-state index contributed by atoms with van der Waals surface area (Å²) in [4.78, 5) is 42.1. The van der Waals surface area contributed by atoms with Crippen LogP contribution in [0.5, 0.6) is 0 Å². The Bertz CT molecular complexity index is 1180. The molecular formula is C22H19N5O3. The van der Waals surface area contributed by atoms with Crippen molar-refractivity contribution in [2.75, 3.05) is 16.8 Å². The minimum absolute atomic E-state index is 0.101. The number of rotatable bonds is 4. The highest BCUT2D eigenvalue weighted by Gasteiger charge is 2.47. The van der Waals surface area contributed by atoms with E-state index in [0.29, 0.717) is 22.5 Å². The molecule has 2 aliphatic rings. The average molecular weight is 401 g/mol. The van der Waals surface area contributed by atoms with Crippen molar-refractivity contribution in [1.29, 1.82) is 0 Å². The predicted molar refractivity (Wildman–Crippen MR) is 110 cm³/mol. The molecule has 2 aromatic carbocycles. The summed E-state index contributed by atoms with van der Waals surface area (Å²) in [7, 11) is 1.77. The zero-order valence-corrected chi connectivity index (χ0v) is 16.3. The molecule has 0 spiro atoms. The molecule has 0 radical (unpaired) electrons. The fourth-order valence-corrected chi connectivity index (χ4v) is 4.13. The zero-order valence-electron chi connectivity index (χ0n) is 16.3. The van der Waals surface area contributed by atoms with Gasteiger partial charge in [-0.1, -0.05) is 30.3 Å². The van der Waals surface area contributed by atoms with Gasteiger partial charge in [-0.15, -0.1) is 0 Å². The molecule has 3 heterocycles. The fraction of sp³-hybridized carbons (Fsp3) is 0.182. The molecule has 0 aliphatic carbocycles. The Labute approximate surface area is 172 Å². The van der Waals surface area contributed by atoms with Crippen LogP contribution in [0.2, 0.25) is 0 Å². The van der Waals surface area contributed by atoms with Crippen LogP contribution in [0.3, 0.4) is 0 Å². The lowest BCUT2D eigenvalue weighted by Crippen LogP contribution is -2.48. The van der Waals surface area contributed by atoms with Gasteiger partial charge in [0.15, 0.2) is 0 Å². The molecule has 0 saturated carbocycles.